The van der Waals surface area contributed by atoms with Gasteiger partial charge < -0.3 is 19.5 Å². The number of hydrogen-bond acceptors (Lipinski definition) is 7. The second-order valence-corrected chi connectivity index (χ2v) is 8.32. The number of benzene rings is 1. The number of carbonyl (C=O) groups is 2. The van der Waals surface area contributed by atoms with Crippen molar-refractivity contribution in [3.63, 3.8) is 0 Å². The van der Waals surface area contributed by atoms with Gasteiger partial charge in [0.2, 0.25) is 5.82 Å². The molecule has 35 heavy (non-hydrogen) atoms. The number of rotatable bonds is 5. The molecule has 3 heterocycles. The minimum atomic E-state index is -4.77. The number of alkyl halides is 3. The fraction of sp³-hybridized carbons (Fsp3) is 0.286. The zero-order valence-corrected chi connectivity index (χ0v) is 19.2. The minimum absolute atomic E-state index is 0.00418. The highest BCUT2D eigenvalue weighted by Gasteiger charge is 2.38. The molecule has 0 aliphatic carbocycles. The first-order chi connectivity index (χ1) is 16.6. The second kappa shape index (κ2) is 10.2. The van der Waals surface area contributed by atoms with E-state index in [9.17, 15) is 22.8 Å². The summed E-state index contributed by atoms with van der Waals surface area (Å²) in [4.78, 5) is 34.4. The molecule has 184 valence electrons. The highest BCUT2D eigenvalue weighted by atomic mass is 35.5. The van der Waals surface area contributed by atoms with Gasteiger partial charge in [0.25, 0.3) is 11.8 Å². The molecular weight excluding hydrogens is 514 g/mol. The zero-order valence-electron chi connectivity index (χ0n) is 17.7. The first kappa shape index (κ1) is 24.9. The number of aromatic nitrogens is 3. The monoisotopic (exact) mass is 529 g/mol. The van der Waals surface area contributed by atoms with Gasteiger partial charge in [-0.2, -0.15) is 18.2 Å². The van der Waals surface area contributed by atoms with Gasteiger partial charge in [0.05, 0.1) is 19.3 Å². The molecule has 0 spiro atoms. The molecule has 1 unspecified atom stereocenters. The van der Waals surface area contributed by atoms with E-state index in [4.69, 9.17) is 27.9 Å². The Labute approximate surface area is 206 Å². The van der Waals surface area contributed by atoms with E-state index in [1.54, 1.807) is 4.90 Å². The van der Waals surface area contributed by atoms with E-state index in [2.05, 4.69) is 25.0 Å². The summed E-state index contributed by atoms with van der Waals surface area (Å²) in [5.41, 5.74) is 0.455. The fourth-order valence-electron chi connectivity index (χ4n) is 3.35. The van der Waals surface area contributed by atoms with E-state index in [0.717, 1.165) is 6.20 Å². The van der Waals surface area contributed by atoms with E-state index in [0.29, 0.717) is 28.8 Å². The predicted octanol–water partition coefficient (Wildman–Crippen LogP) is 3.73. The van der Waals surface area contributed by atoms with Crippen molar-refractivity contribution in [2.75, 3.05) is 26.3 Å². The lowest BCUT2D eigenvalue weighted by Crippen LogP contribution is -2.53. The largest absolute Gasteiger partial charge is 0.471 e. The Morgan fingerprint density at radius 1 is 1.17 bits per heavy atom. The van der Waals surface area contributed by atoms with Crippen LogP contribution < -0.4 is 5.32 Å². The van der Waals surface area contributed by atoms with Gasteiger partial charge in [-0.25, -0.2) is 0 Å². The Hall–Kier alpha value is -3.22. The highest BCUT2D eigenvalue weighted by molar-refractivity contribution is 6.35. The number of nitrogens with one attached hydrogen (secondary N) is 1. The Bertz CT molecular complexity index is 1220. The van der Waals surface area contributed by atoms with E-state index in [1.165, 1.54) is 30.3 Å². The summed E-state index contributed by atoms with van der Waals surface area (Å²) in [7, 11) is 0. The van der Waals surface area contributed by atoms with E-state index in [1.807, 2.05) is 0 Å². The van der Waals surface area contributed by atoms with Crippen LogP contribution in [0.4, 0.5) is 13.2 Å². The lowest BCUT2D eigenvalue weighted by molar-refractivity contribution is -0.159. The number of carbonyl (C=O) groups excluding carboxylic acids is 2. The third kappa shape index (κ3) is 5.89. The summed E-state index contributed by atoms with van der Waals surface area (Å²) >= 11 is 12.0. The molecule has 1 aliphatic heterocycles. The first-order valence-electron chi connectivity index (χ1n) is 10.1. The Morgan fingerprint density at radius 3 is 2.54 bits per heavy atom. The van der Waals surface area contributed by atoms with Crippen molar-refractivity contribution in [2.24, 2.45) is 0 Å². The summed E-state index contributed by atoms with van der Waals surface area (Å²) in [5.74, 6) is -2.66. The van der Waals surface area contributed by atoms with Crippen LogP contribution in [0.3, 0.4) is 0 Å². The maximum Gasteiger partial charge on any atom is 0.471 e. The van der Waals surface area contributed by atoms with Crippen LogP contribution in [0.5, 0.6) is 0 Å². The van der Waals surface area contributed by atoms with Crippen LogP contribution in [0.25, 0.3) is 11.4 Å². The maximum absolute atomic E-state index is 13.0. The number of nitrogens with zero attached hydrogens (tertiary/aromatic N) is 4. The van der Waals surface area contributed by atoms with Gasteiger partial charge in [-0.05, 0) is 30.3 Å². The molecule has 1 atom stereocenters. The summed E-state index contributed by atoms with van der Waals surface area (Å²) in [5, 5.41) is 6.60. The minimum Gasteiger partial charge on any atom is -0.377 e. The first-order valence-corrected chi connectivity index (χ1v) is 10.9. The third-order valence-corrected chi connectivity index (χ3v) is 5.46. The van der Waals surface area contributed by atoms with Gasteiger partial charge >= 0.3 is 12.1 Å². The van der Waals surface area contributed by atoms with E-state index < -0.39 is 24.0 Å². The number of amides is 2. The Kier molecular flexibility index (Phi) is 7.24. The topological polar surface area (TPSA) is 110 Å². The molecule has 0 bridgehead atoms. The molecule has 1 N–H and O–H groups in total. The molecule has 4 rings (SSSR count). The van der Waals surface area contributed by atoms with E-state index in [-0.39, 0.29) is 36.1 Å². The summed E-state index contributed by atoms with van der Waals surface area (Å²) in [6, 6.07) is 6.72. The van der Waals surface area contributed by atoms with Gasteiger partial charge in [0, 0.05) is 40.5 Å². The van der Waals surface area contributed by atoms with Crippen molar-refractivity contribution >= 4 is 35.0 Å². The van der Waals surface area contributed by atoms with Gasteiger partial charge in [0.15, 0.2) is 0 Å². The zero-order chi connectivity index (χ0) is 25.2. The number of morpholine rings is 1. The molecule has 2 aromatic heterocycles. The lowest BCUT2D eigenvalue weighted by atomic mass is 10.1. The van der Waals surface area contributed by atoms with Crippen LogP contribution in [-0.4, -0.2) is 64.2 Å². The van der Waals surface area contributed by atoms with Gasteiger partial charge in [-0.1, -0.05) is 28.4 Å². The van der Waals surface area contributed by atoms with Gasteiger partial charge in [0.1, 0.15) is 5.69 Å². The summed E-state index contributed by atoms with van der Waals surface area (Å²) in [6.07, 6.45) is -3.61. The number of halogens is 5. The number of pyridine rings is 1. The summed E-state index contributed by atoms with van der Waals surface area (Å²) < 4.78 is 47.5. The van der Waals surface area contributed by atoms with Crippen molar-refractivity contribution in [2.45, 2.75) is 12.2 Å². The number of hydrogen-bond donors (Lipinski definition) is 1. The molecule has 0 radical (unpaired) electrons. The molecule has 9 nitrogen and oxygen atoms in total. The quantitative estimate of drug-likeness (QED) is 0.536. The Morgan fingerprint density at radius 2 is 1.91 bits per heavy atom. The fourth-order valence-corrected chi connectivity index (χ4v) is 3.88. The van der Waals surface area contributed by atoms with Crippen LogP contribution in [0.1, 0.15) is 26.7 Å². The Balaban J connectivity index is 1.40. The van der Waals surface area contributed by atoms with Gasteiger partial charge in [-0.15, -0.1) is 0 Å². The van der Waals surface area contributed by atoms with Crippen molar-refractivity contribution in [3.05, 3.63) is 63.7 Å². The molecule has 1 aliphatic rings. The van der Waals surface area contributed by atoms with Crippen LogP contribution in [0.2, 0.25) is 10.0 Å². The molecule has 3 aromatic rings. The molecule has 2 amide bonds. The van der Waals surface area contributed by atoms with E-state index >= 15 is 0 Å². The average Bonchev–Trinajstić information content (AvgIpc) is 3.33. The molecule has 1 aromatic carbocycles. The van der Waals surface area contributed by atoms with Crippen molar-refractivity contribution in [1.29, 1.82) is 0 Å². The lowest BCUT2D eigenvalue weighted by Gasteiger charge is -2.35. The van der Waals surface area contributed by atoms with Crippen molar-refractivity contribution in [1.82, 2.24) is 25.3 Å². The van der Waals surface area contributed by atoms with Gasteiger partial charge in [-0.3, -0.25) is 14.6 Å². The highest BCUT2D eigenvalue weighted by Crippen LogP contribution is 2.29. The van der Waals surface area contributed by atoms with Crippen LogP contribution in [-0.2, 0) is 10.9 Å². The smallest absolute Gasteiger partial charge is 0.377 e. The van der Waals surface area contributed by atoms with Crippen molar-refractivity contribution in [3.8, 4) is 11.4 Å². The summed E-state index contributed by atoms with van der Waals surface area (Å²) in [6.45, 7) is 0.912. The second-order valence-electron chi connectivity index (χ2n) is 7.45. The number of ether oxygens (including phenoxy) is 1. The maximum atomic E-state index is 13.0. The average molecular weight is 530 g/mol. The SMILES string of the molecule is O=C(NCC1COCCN1C(=O)c1cc(Cl)cc(Cl)c1)c1ccc(-c2noc(C(F)(F)F)n2)cn1. The molecule has 1 fully saturated rings. The molecule has 1 saturated heterocycles. The standard InChI is InChI=1S/C21H16Cl2F3N5O4/c22-13-5-12(6-14(23)7-13)19(33)31-3-4-34-10-15(31)9-28-18(32)16-2-1-11(8-27-16)17-29-20(35-30-17)21(24,25)26/h1-2,5-8,15H,3-4,9-10H2,(H,28,32). The molecular formula is C21H16Cl2F3N5O4. The molecule has 14 heteroatoms. The predicted molar refractivity (Wildman–Crippen MR) is 117 cm³/mol. The van der Waals surface area contributed by atoms with Crippen LogP contribution in [0, 0.1) is 0 Å². The third-order valence-electron chi connectivity index (χ3n) is 5.02. The van der Waals surface area contributed by atoms with Crippen LogP contribution >= 0.6 is 23.2 Å². The normalized spacial score (nSPS) is 16.3. The van der Waals surface area contributed by atoms with Crippen LogP contribution in [0.15, 0.2) is 41.1 Å². The molecule has 0 saturated carbocycles. The van der Waals surface area contributed by atoms with Crippen molar-refractivity contribution < 1.29 is 32.0 Å².